The van der Waals surface area contributed by atoms with E-state index in [9.17, 15) is 36.3 Å². The summed E-state index contributed by atoms with van der Waals surface area (Å²) in [5.41, 5.74) is -0.0309. The summed E-state index contributed by atoms with van der Waals surface area (Å²) in [5.74, 6) is -4.26. The summed E-state index contributed by atoms with van der Waals surface area (Å²) in [5, 5.41) is 5.33. The molecule has 0 aliphatic carbocycles. The highest BCUT2D eigenvalue weighted by atomic mass is 35.5. The number of hydrogen-bond acceptors (Lipinski definition) is 6. The molecule has 0 unspecified atom stereocenters. The molecule has 3 amide bonds. The molecule has 2 N–H and O–H groups in total. The monoisotopic (exact) mass is 617 g/mol. The molecule has 15 heteroatoms. The Bertz CT molecular complexity index is 1340. The number of halogens is 6. The molecule has 2 aromatic carbocycles. The van der Waals surface area contributed by atoms with Gasteiger partial charge in [0, 0.05) is 49.4 Å². The Morgan fingerprint density at radius 2 is 1.86 bits per heavy atom. The lowest BCUT2D eigenvalue weighted by Gasteiger charge is -2.42. The highest BCUT2D eigenvalue weighted by Crippen LogP contribution is 2.33. The van der Waals surface area contributed by atoms with Gasteiger partial charge in [0.2, 0.25) is 5.91 Å². The van der Waals surface area contributed by atoms with E-state index in [4.69, 9.17) is 16.3 Å². The summed E-state index contributed by atoms with van der Waals surface area (Å²) in [6, 6.07) is 6.62. The second-order valence-corrected chi connectivity index (χ2v) is 10.5. The van der Waals surface area contributed by atoms with Crippen molar-refractivity contribution in [3.8, 4) is 0 Å². The maximum absolute atomic E-state index is 15.0. The molecule has 2 heterocycles. The standard InChI is InChI=1S/C27H29ClF5N5O4/c1-16-14-36(7-6-27(31,32)33)8-9-38(16)21-12-18(28)3-5-20(21)35-25(40)19-4-2-17(23(29)24(19)30)13-34-22(39)15-37-10-11-42-26(37)41/h2-5,12,16H,6-11,13-15H2,1H3,(H,34,39)(H,35,40)/t16-/m1/s1. The average molecular weight is 618 g/mol. The summed E-state index contributed by atoms with van der Waals surface area (Å²) in [6.07, 6.45) is -5.81. The molecule has 0 bridgehead atoms. The first-order chi connectivity index (χ1) is 19.8. The van der Waals surface area contributed by atoms with E-state index in [2.05, 4.69) is 10.6 Å². The third kappa shape index (κ3) is 7.79. The molecule has 0 saturated carbocycles. The van der Waals surface area contributed by atoms with Crippen molar-refractivity contribution >= 4 is 40.9 Å². The molecule has 2 aliphatic heterocycles. The number of hydrogen-bond donors (Lipinski definition) is 2. The van der Waals surface area contributed by atoms with Crippen LogP contribution >= 0.6 is 11.6 Å². The van der Waals surface area contributed by atoms with E-state index >= 15 is 0 Å². The lowest BCUT2D eigenvalue weighted by atomic mass is 10.1. The number of piperazine rings is 1. The maximum atomic E-state index is 15.0. The quantitative estimate of drug-likeness (QED) is 0.405. The van der Waals surface area contributed by atoms with Gasteiger partial charge in [0.1, 0.15) is 13.2 Å². The van der Waals surface area contributed by atoms with E-state index in [0.717, 1.165) is 6.07 Å². The van der Waals surface area contributed by atoms with Gasteiger partial charge in [-0.15, -0.1) is 0 Å². The molecule has 42 heavy (non-hydrogen) atoms. The Morgan fingerprint density at radius 3 is 2.52 bits per heavy atom. The van der Waals surface area contributed by atoms with Crippen LogP contribution in [0, 0.1) is 11.6 Å². The third-order valence-electron chi connectivity index (χ3n) is 7.00. The van der Waals surface area contributed by atoms with Crippen LogP contribution in [0.4, 0.5) is 38.1 Å². The predicted molar refractivity (Wildman–Crippen MR) is 144 cm³/mol. The number of alkyl halides is 3. The van der Waals surface area contributed by atoms with E-state index in [0.29, 0.717) is 30.3 Å². The minimum atomic E-state index is -4.25. The van der Waals surface area contributed by atoms with E-state index in [1.807, 2.05) is 11.8 Å². The molecule has 2 aliphatic rings. The number of rotatable bonds is 9. The van der Waals surface area contributed by atoms with Crippen LogP contribution in [0.25, 0.3) is 0 Å². The highest BCUT2D eigenvalue weighted by molar-refractivity contribution is 6.31. The first-order valence-corrected chi connectivity index (χ1v) is 13.5. The van der Waals surface area contributed by atoms with Crippen molar-refractivity contribution in [2.75, 3.05) is 56.1 Å². The number of anilines is 2. The predicted octanol–water partition coefficient (Wildman–Crippen LogP) is 4.40. The SMILES string of the molecule is C[C@@H]1CN(CCC(F)(F)F)CCN1c1cc(Cl)ccc1NC(=O)c1ccc(CNC(=O)CN2CCOC2=O)c(F)c1F. The number of nitrogens with zero attached hydrogens (tertiary/aromatic N) is 3. The van der Waals surface area contributed by atoms with Crippen molar-refractivity contribution in [1.82, 2.24) is 15.1 Å². The van der Waals surface area contributed by atoms with Crippen LogP contribution in [0.5, 0.6) is 0 Å². The first kappa shape index (κ1) is 31.3. The van der Waals surface area contributed by atoms with Gasteiger partial charge in [-0.25, -0.2) is 13.6 Å². The summed E-state index contributed by atoms with van der Waals surface area (Å²) in [6.45, 7) is 2.48. The van der Waals surface area contributed by atoms with Crippen molar-refractivity contribution in [3.05, 3.63) is 58.1 Å². The van der Waals surface area contributed by atoms with E-state index in [-0.39, 0.29) is 50.1 Å². The second-order valence-electron chi connectivity index (χ2n) is 10.0. The van der Waals surface area contributed by atoms with Gasteiger partial charge in [-0.1, -0.05) is 17.7 Å². The van der Waals surface area contributed by atoms with Crippen LogP contribution in [0.1, 0.15) is 29.3 Å². The number of carbonyl (C=O) groups excluding carboxylic acids is 3. The average Bonchev–Trinajstić information content (AvgIpc) is 3.32. The van der Waals surface area contributed by atoms with Crippen molar-refractivity contribution in [1.29, 1.82) is 0 Å². The molecule has 4 rings (SSSR count). The third-order valence-corrected chi connectivity index (χ3v) is 7.24. The zero-order valence-corrected chi connectivity index (χ0v) is 23.3. The number of amides is 3. The number of carbonyl (C=O) groups is 3. The topological polar surface area (TPSA) is 94.2 Å². The van der Waals surface area contributed by atoms with Gasteiger partial charge in [-0.05, 0) is 31.2 Å². The van der Waals surface area contributed by atoms with Gasteiger partial charge in [-0.3, -0.25) is 19.4 Å². The lowest BCUT2D eigenvalue weighted by molar-refractivity contribution is -0.138. The van der Waals surface area contributed by atoms with Crippen LogP contribution in [0.2, 0.25) is 5.02 Å². The molecular weight excluding hydrogens is 589 g/mol. The fourth-order valence-electron chi connectivity index (χ4n) is 4.81. The molecule has 2 saturated heterocycles. The van der Waals surface area contributed by atoms with Gasteiger partial charge in [0.25, 0.3) is 5.91 Å². The van der Waals surface area contributed by atoms with Gasteiger partial charge in [0.15, 0.2) is 11.6 Å². The van der Waals surface area contributed by atoms with E-state index in [1.54, 1.807) is 11.0 Å². The van der Waals surface area contributed by atoms with Crippen molar-refractivity contribution in [2.24, 2.45) is 0 Å². The van der Waals surface area contributed by atoms with Crippen LogP contribution < -0.4 is 15.5 Å². The largest absolute Gasteiger partial charge is 0.448 e. The summed E-state index contributed by atoms with van der Waals surface area (Å²) in [4.78, 5) is 41.3. The molecule has 2 aromatic rings. The Balaban J connectivity index is 1.42. The molecule has 0 aromatic heterocycles. The molecule has 2 fully saturated rings. The van der Waals surface area contributed by atoms with Crippen LogP contribution in [0.15, 0.2) is 30.3 Å². The van der Waals surface area contributed by atoms with Gasteiger partial charge >= 0.3 is 12.3 Å². The Labute approximate surface area is 243 Å². The van der Waals surface area contributed by atoms with Gasteiger partial charge in [0.05, 0.1) is 29.9 Å². The highest BCUT2D eigenvalue weighted by Gasteiger charge is 2.31. The molecule has 0 spiro atoms. The molecule has 0 radical (unpaired) electrons. The maximum Gasteiger partial charge on any atom is 0.410 e. The normalized spacial score (nSPS) is 17.8. The minimum absolute atomic E-state index is 0.127. The zero-order valence-electron chi connectivity index (χ0n) is 22.6. The molecule has 228 valence electrons. The van der Waals surface area contributed by atoms with E-state index < -0.39 is 47.7 Å². The van der Waals surface area contributed by atoms with Crippen molar-refractivity contribution in [3.63, 3.8) is 0 Å². The van der Waals surface area contributed by atoms with Crippen LogP contribution in [-0.4, -0.2) is 85.8 Å². The summed E-state index contributed by atoms with van der Waals surface area (Å²) < 4.78 is 72.5. The van der Waals surface area contributed by atoms with Gasteiger partial charge in [-0.2, -0.15) is 13.2 Å². The van der Waals surface area contributed by atoms with E-state index in [1.165, 1.54) is 23.1 Å². The number of ether oxygens (including phenoxy) is 1. The Morgan fingerprint density at radius 1 is 1.10 bits per heavy atom. The molecule has 9 nitrogen and oxygen atoms in total. The Kier molecular flexibility index (Phi) is 9.77. The van der Waals surface area contributed by atoms with Gasteiger partial charge < -0.3 is 20.3 Å². The Hall–Kier alpha value is -3.65. The number of nitrogens with one attached hydrogen (secondary N) is 2. The molecular formula is C27H29ClF5N5O4. The second kappa shape index (κ2) is 13.1. The minimum Gasteiger partial charge on any atom is -0.448 e. The summed E-state index contributed by atoms with van der Waals surface area (Å²) >= 11 is 6.20. The number of cyclic esters (lactones) is 1. The van der Waals surface area contributed by atoms with Crippen LogP contribution in [-0.2, 0) is 16.1 Å². The van der Waals surface area contributed by atoms with Crippen molar-refractivity contribution < 1.29 is 41.1 Å². The van der Waals surface area contributed by atoms with Crippen molar-refractivity contribution in [2.45, 2.75) is 32.1 Å². The zero-order chi connectivity index (χ0) is 30.6. The number of benzene rings is 2. The van der Waals surface area contributed by atoms with Crippen LogP contribution in [0.3, 0.4) is 0 Å². The fraction of sp³-hybridized carbons (Fsp3) is 0.444. The fourth-order valence-corrected chi connectivity index (χ4v) is 4.98. The molecule has 1 atom stereocenters. The summed E-state index contributed by atoms with van der Waals surface area (Å²) in [7, 11) is 0. The smallest absolute Gasteiger partial charge is 0.410 e. The first-order valence-electron chi connectivity index (χ1n) is 13.1. The lowest BCUT2D eigenvalue weighted by Crippen LogP contribution is -2.52.